The second kappa shape index (κ2) is 14.2. The number of hydrogen-bond acceptors (Lipinski definition) is 14. The van der Waals surface area contributed by atoms with Gasteiger partial charge in [-0.05, 0) is 89.1 Å². The number of nitrogens with one attached hydrogen (secondary N) is 3. The van der Waals surface area contributed by atoms with E-state index in [9.17, 15) is 13.2 Å². The van der Waals surface area contributed by atoms with Crippen molar-refractivity contribution in [3.05, 3.63) is 72.0 Å². The molecule has 0 spiro atoms. The fourth-order valence-electron chi connectivity index (χ4n) is 4.24. The van der Waals surface area contributed by atoms with E-state index in [0.29, 0.717) is 33.3 Å². The fraction of sp³-hybridized carbons (Fsp3) is 0.103. The van der Waals surface area contributed by atoms with Crippen LogP contribution in [0.15, 0.2) is 96.5 Å². The zero-order valence-electron chi connectivity index (χ0n) is 23.8. The predicted octanol–water partition coefficient (Wildman–Crippen LogP) is 7.17. The summed E-state index contributed by atoms with van der Waals surface area (Å²) in [5.74, 6) is -0.507. The average Bonchev–Trinajstić information content (AvgIpc) is 2.96. The van der Waals surface area contributed by atoms with Gasteiger partial charge in [0, 0.05) is 33.0 Å². The van der Waals surface area contributed by atoms with Gasteiger partial charge in [0.05, 0.1) is 28.6 Å². The van der Waals surface area contributed by atoms with Gasteiger partial charge in [0.15, 0.2) is 9.84 Å². The molecule has 0 radical (unpaired) electrons. The maximum absolute atomic E-state index is 12.2. The van der Waals surface area contributed by atoms with Crippen LogP contribution in [0.3, 0.4) is 0 Å². The molecule has 0 bridgehead atoms. The number of sulfone groups is 1. The SMILES string of the molecule is CC(=O)Nc1cc(Nc2nc(Cl)nc(Nc3ccc(S(=O)(=O)CCO)cc3)n2)ccc1/N=N/c1cc2c(S)cc(S)cc2cc1S. The van der Waals surface area contributed by atoms with Crippen molar-refractivity contribution in [2.45, 2.75) is 26.5 Å². The van der Waals surface area contributed by atoms with E-state index in [1.165, 1.54) is 31.2 Å². The number of aliphatic hydroxyl groups excluding tert-OH is 1. The lowest BCUT2D eigenvalue weighted by atomic mass is 10.1. The summed E-state index contributed by atoms with van der Waals surface area (Å²) in [5.41, 5.74) is 2.25. The van der Waals surface area contributed by atoms with Crippen LogP contribution in [-0.4, -0.2) is 46.7 Å². The minimum absolute atomic E-state index is 0.0727. The summed E-state index contributed by atoms with van der Waals surface area (Å²) in [4.78, 5) is 26.7. The lowest BCUT2D eigenvalue weighted by Gasteiger charge is -2.12. The fourth-order valence-corrected chi connectivity index (χ4v) is 6.37. The molecule has 0 atom stereocenters. The highest BCUT2D eigenvalue weighted by atomic mass is 35.5. The summed E-state index contributed by atoms with van der Waals surface area (Å²) >= 11 is 19.7. The Hall–Kier alpha value is -3.93. The van der Waals surface area contributed by atoms with Crippen LogP contribution in [-0.2, 0) is 14.6 Å². The Bertz CT molecular complexity index is 2100. The van der Waals surface area contributed by atoms with Gasteiger partial charge in [-0.2, -0.15) is 15.0 Å². The molecule has 17 heteroatoms. The van der Waals surface area contributed by atoms with Crippen LogP contribution in [0, 0.1) is 0 Å². The Morgan fingerprint density at radius 2 is 1.50 bits per heavy atom. The maximum Gasteiger partial charge on any atom is 0.233 e. The van der Waals surface area contributed by atoms with Crippen molar-refractivity contribution in [2.75, 3.05) is 28.3 Å². The molecular formula is C29H25ClN8O4S4. The highest BCUT2D eigenvalue weighted by Crippen LogP contribution is 2.36. The molecule has 4 N–H and O–H groups in total. The number of azo groups is 1. The lowest BCUT2D eigenvalue weighted by molar-refractivity contribution is -0.114. The molecule has 0 aliphatic rings. The Morgan fingerprint density at radius 3 is 2.17 bits per heavy atom. The van der Waals surface area contributed by atoms with Gasteiger partial charge in [0.2, 0.25) is 23.1 Å². The molecule has 5 rings (SSSR count). The highest BCUT2D eigenvalue weighted by molar-refractivity contribution is 7.91. The summed E-state index contributed by atoms with van der Waals surface area (Å²) in [6.07, 6.45) is 0. The molecule has 1 amide bonds. The van der Waals surface area contributed by atoms with Crippen molar-refractivity contribution in [3.63, 3.8) is 0 Å². The van der Waals surface area contributed by atoms with Gasteiger partial charge in [0.25, 0.3) is 0 Å². The van der Waals surface area contributed by atoms with E-state index in [0.717, 1.165) is 20.6 Å². The zero-order chi connectivity index (χ0) is 33.0. The Morgan fingerprint density at radius 1 is 0.848 bits per heavy atom. The standard InChI is InChI=1S/C29H25ClN8O4S4/c1-15(40)31-23-12-18(4-7-22(23)37-38-24-14-21-16(11-26(24)45)10-19(43)13-25(21)44)33-29-35-27(30)34-28(36-29)32-17-2-5-20(6-3-17)46(41,42)9-8-39/h2-7,10-14,39,43-45H,8-9H2,1H3,(H,31,40)(H2,32,33,34,35,36)/b38-37+. The van der Waals surface area contributed by atoms with Crippen LogP contribution in [0.1, 0.15) is 6.92 Å². The number of anilines is 5. The number of carbonyl (C=O) groups is 1. The van der Waals surface area contributed by atoms with Crippen LogP contribution in [0.25, 0.3) is 10.8 Å². The quantitative estimate of drug-likeness (QED) is 0.0586. The third kappa shape index (κ3) is 8.26. The number of aromatic nitrogens is 3. The van der Waals surface area contributed by atoms with Gasteiger partial charge in [-0.1, -0.05) is 0 Å². The second-order valence-corrected chi connectivity index (χ2v) is 13.6. The number of halogens is 1. The smallest absolute Gasteiger partial charge is 0.233 e. The van der Waals surface area contributed by atoms with E-state index in [2.05, 4.69) is 79.0 Å². The molecule has 0 aliphatic carbocycles. The molecule has 0 fully saturated rings. The minimum Gasteiger partial charge on any atom is -0.395 e. The van der Waals surface area contributed by atoms with Gasteiger partial charge in [-0.3, -0.25) is 4.79 Å². The first kappa shape index (κ1) is 33.4. The van der Waals surface area contributed by atoms with E-state index >= 15 is 0 Å². The summed E-state index contributed by atoms with van der Waals surface area (Å²) in [6.45, 7) is 0.899. The molecule has 46 heavy (non-hydrogen) atoms. The number of amides is 1. The molecule has 0 saturated heterocycles. The number of aliphatic hydroxyl groups is 1. The van der Waals surface area contributed by atoms with Crippen molar-refractivity contribution in [2.24, 2.45) is 10.2 Å². The van der Waals surface area contributed by atoms with Crippen LogP contribution in [0.5, 0.6) is 0 Å². The average molecular weight is 713 g/mol. The van der Waals surface area contributed by atoms with Crippen LogP contribution >= 0.6 is 49.5 Å². The summed E-state index contributed by atoms with van der Waals surface area (Å²) in [7, 11) is -3.59. The second-order valence-electron chi connectivity index (χ2n) is 9.71. The number of carbonyl (C=O) groups excluding carboxylic acids is 1. The van der Waals surface area contributed by atoms with Crippen LogP contribution in [0.2, 0.25) is 5.28 Å². The number of benzene rings is 4. The van der Waals surface area contributed by atoms with Gasteiger partial charge in [-0.25, -0.2) is 8.42 Å². The van der Waals surface area contributed by atoms with Gasteiger partial charge in [0.1, 0.15) is 5.69 Å². The monoisotopic (exact) mass is 712 g/mol. The van der Waals surface area contributed by atoms with Crippen molar-refractivity contribution in [1.82, 2.24) is 15.0 Å². The lowest BCUT2D eigenvalue weighted by Crippen LogP contribution is -2.10. The van der Waals surface area contributed by atoms with E-state index in [4.69, 9.17) is 16.7 Å². The van der Waals surface area contributed by atoms with E-state index in [1.54, 1.807) is 18.2 Å². The third-order valence-corrected chi connectivity index (χ3v) is 9.14. The van der Waals surface area contributed by atoms with Gasteiger partial charge < -0.3 is 21.1 Å². The molecule has 1 aromatic heterocycles. The molecule has 236 valence electrons. The predicted molar refractivity (Wildman–Crippen MR) is 188 cm³/mol. The normalized spacial score (nSPS) is 11.6. The minimum atomic E-state index is -3.59. The van der Waals surface area contributed by atoms with Gasteiger partial charge >= 0.3 is 0 Å². The molecule has 5 aromatic rings. The summed E-state index contributed by atoms with van der Waals surface area (Å²) in [5, 5.41) is 28.1. The highest BCUT2D eigenvalue weighted by Gasteiger charge is 2.14. The van der Waals surface area contributed by atoms with Crippen molar-refractivity contribution in [1.29, 1.82) is 0 Å². The van der Waals surface area contributed by atoms with E-state index in [-0.39, 0.29) is 33.7 Å². The Kier molecular flexibility index (Phi) is 10.3. The largest absolute Gasteiger partial charge is 0.395 e. The van der Waals surface area contributed by atoms with Crippen molar-refractivity contribution < 1.29 is 18.3 Å². The first-order chi connectivity index (χ1) is 21.9. The maximum atomic E-state index is 12.2. The van der Waals surface area contributed by atoms with Gasteiger partial charge in [-0.15, -0.1) is 48.1 Å². The van der Waals surface area contributed by atoms with Crippen molar-refractivity contribution >= 4 is 116 Å². The first-order valence-corrected chi connectivity index (χ1v) is 16.7. The number of nitrogens with zero attached hydrogens (tertiary/aromatic N) is 5. The molecular weight excluding hydrogens is 688 g/mol. The molecule has 1 heterocycles. The molecule has 0 saturated carbocycles. The summed E-state index contributed by atoms with van der Waals surface area (Å²) in [6, 6.07) is 18.3. The number of fused-ring (bicyclic) bond motifs is 1. The zero-order valence-corrected chi connectivity index (χ0v) is 28.1. The topological polar surface area (TPSA) is 171 Å². The van der Waals surface area contributed by atoms with Crippen molar-refractivity contribution in [3.8, 4) is 0 Å². The third-order valence-electron chi connectivity index (χ3n) is 6.28. The Labute approximate surface area is 285 Å². The number of thiol groups is 3. The molecule has 0 aliphatic heterocycles. The first-order valence-electron chi connectivity index (χ1n) is 13.3. The Balaban J connectivity index is 1.38. The van der Waals surface area contributed by atoms with E-state index in [1.807, 2.05) is 24.3 Å². The van der Waals surface area contributed by atoms with Crippen LogP contribution in [0.4, 0.5) is 40.3 Å². The molecule has 0 unspecified atom stereocenters. The summed E-state index contributed by atoms with van der Waals surface area (Å²) < 4.78 is 24.3. The number of rotatable bonds is 10. The number of hydrogen-bond donors (Lipinski definition) is 7. The molecule has 4 aromatic carbocycles. The van der Waals surface area contributed by atoms with Crippen LogP contribution < -0.4 is 16.0 Å². The van der Waals surface area contributed by atoms with E-state index < -0.39 is 16.4 Å². The molecule has 12 nitrogen and oxygen atoms in total.